The molecule has 2 heterocycles. The largest absolute Gasteiger partial charge is 0.673 e. The van der Waals surface area contributed by atoms with E-state index in [1.165, 1.54) is 6.20 Å². The van der Waals surface area contributed by atoms with E-state index in [-0.39, 0.29) is 5.28 Å². The number of aromatic nitrogens is 2. The summed E-state index contributed by atoms with van der Waals surface area (Å²) in [6.07, 6.45) is 1.49. The van der Waals surface area contributed by atoms with Crippen molar-refractivity contribution in [1.29, 1.82) is 0 Å². The standard InChI is InChI=1S/C11H18ClN7O/c1-9(2)17-5-7-18(8-6-17)19(20)16-15-10-3-4-13-11(12)14-10/h3-4,9H,5-8H2,1-2H3,(H,13,14,15)/b19-16-. The lowest BCUT2D eigenvalue weighted by Crippen LogP contribution is -2.50. The van der Waals surface area contributed by atoms with Crippen molar-refractivity contribution in [2.75, 3.05) is 31.6 Å². The average Bonchev–Trinajstić information content (AvgIpc) is 2.45. The summed E-state index contributed by atoms with van der Waals surface area (Å²) in [5.41, 5.74) is 2.56. The van der Waals surface area contributed by atoms with Gasteiger partial charge in [-0.3, -0.25) is 4.90 Å². The van der Waals surface area contributed by atoms with E-state index in [4.69, 9.17) is 11.6 Å². The van der Waals surface area contributed by atoms with Gasteiger partial charge in [-0.15, -0.1) is 5.43 Å². The van der Waals surface area contributed by atoms with Gasteiger partial charge in [0.1, 0.15) is 5.22 Å². The molecule has 1 saturated heterocycles. The van der Waals surface area contributed by atoms with Crippen LogP contribution in [0.1, 0.15) is 13.8 Å². The highest BCUT2D eigenvalue weighted by molar-refractivity contribution is 6.28. The Hall–Kier alpha value is -1.67. The maximum absolute atomic E-state index is 11.9. The molecule has 0 saturated carbocycles. The molecule has 9 heteroatoms. The molecule has 1 aromatic rings. The summed E-state index contributed by atoms with van der Waals surface area (Å²) in [4.78, 5) is 10.5. The van der Waals surface area contributed by atoms with Crippen LogP contribution >= 0.6 is 11.6 Å². The molecule has 1 N–H and O–H groups in total. The molecule has 0 aliphatic carbocycles. The predicted octanol–water partition coefficient (Wildman–Crippen LogP) is 1.36. The first-order valence-corrected chi connectivity index (χ1v) is 6.85. The van der Waals surface area contributed by atoms with Gasteiger partial charge < -0.3 is 5.21 Å². The number of hydrogen-bond acceptors (Lipinski definition) is 5. The van der Waals surface area contributed by atoms with E-state index in [0.29, 0.717) is 29.9 Å². The van der Waals surface area contributed by atoms with E-state index in [1.54, 1.807) is 11.1 Å². The van der Waals surface area contributed by atoms with E-state index in [2.05, 4.69) is 39.4 Å². The fourth-order valence-corrected chi connectivity index (χ4v) is 2.10. The van der Waals surface area contributed by atoms with Gasteiger partial charge in [0.2, 0.25) is 11.1 Å². The zero-order valence-electron chi connectivity index (χ0n) is 11.5. The van der Waals surface area contributed by atoms with Crippen LogP contribution in [0.3, 0.4) is 0 Å². The maximum Gasteiger partial charge on any atom is 0.243 e. The summed E-state index contributed by atoms with van der Waals surface area (Å²) >= 11 is 5.64. The van der Waals surface area contributed by atoms with Gasteiger partial charge >= 0.3 is 0 Å². The third kappa shape index (κ3) is 3.91. The van der Waals surface area contributed by atoms with Gasteiger partial charge in [-0.05, 0) is 25.4 Å². The SMILES string of the molecule is CC(C)N1CCN(/[N+]([O-])=N/Nc2ccnc(Cl)n2)CC1. The molecular weight excluding hydrogens is 282 g/mol. The molecule has 8 nitrogen and oxygen atoms in total. The van der Waals surface area contributed by atoms with Gasteiger partial charge in [0.25, 0.3) is 0 Å². The van der Waals surface area contributed by atoms with E-state index >= 15 is 0 Å². The van der Waals surface area contributed by atoms with Crippen molar-refractivity contribution in [2.45, 2.75) is 19.9 Å². The van der Waals surface area contributed by atoms with E-state index in [1.807, 2.05) is 0 Å². The van der Waals surface area contributed by atoms with Crippen LogP contribution in [-0.2, 0) is 0 Å². The Balaban J connectivity index is 1.88. The Labute approximate surface area is 122 Å². The molecule has 1 aliphatic heterocycles. The van der Waals surface area contributed by atoms with Gasteiger partial charge in [-0.25, -0.2) is 9.99 Å². The fraction of sp³-hybridized carbons (Fsp3) is 0.636. The first-order valence-electron chi connectivity index (χ1n) is 6.47. The summed E-state index contributed by atoms with van der Waals surface area (Å²) in [6, 6.07) is 2.08. The lowest BCUT2D eigenvalue weighted by atomic mass is 10.2. The number of hydrogen-bond donors (Lipinski definition) is 1. The second-order valence-corrected chi connectivity index (χ2v) is 5.10. The Bertz CT molecular complexity index is 474. The quantitative estimate of drug-likeness (QED) is 0.391. The second-order valence-electron chi connectivity index (χ2n) is 4.76. The second kappa shape index (κ2) is 6.67. The molecule has 0 radical (unpaired) electrons. The minimum absolute atomic E-state index is 0.105. The number of nitrogens with zero attached hydrogens (tertiary/aromatic N) is 6. The highest BCUT2D eigenvalue weighted by atomic mass is 35.5. The van der Waals surface area contributed by atoms with Crippen molar-refractivity contribution in [3.05, 3.63) is 22.8 Å². The molecular formula is C11H18ClN7O. The van der Waals surface area contributed by atoms with Gasteiger partial charge in [0.05, 0.1) is 13.1 Å². The van der Waals surface area contributed by atoms with E-state index in [0.717, 1.165) is 13.1 Å². The molecule has 0 unspecified atom stereocenters. The maximum atomic E-state index is 11.9. The highest BCUT2D eigenvalue weighted by Crippen LogP contribution is 2.08. The summed E-state index contributed by atoms with van der Waals surface area (Å²) in [7, 11) is 0. The van der Waals surface area contributed by atoms with Gasteiger partial charge in [0.15, 0.2) is 0 Å². The van der Waals surface area contributed by atoms with Crippen LogP contribution in [0.2, 0.25) is 5.28 Å². The molecule has 0 aromatic carbocycles. The summed E-state index contributed by atoms with van der Waals surface area (Å²) in [5, 5.41) is 17.3. The molecule has 1 aliphatic rings. The molecule has 110 valence electrons. The lowest BCUT2D eigenvalue weighted by Gasteiger charge is -2.36. The highest BCUT2D eigenvalue weighted by Gasteiger charge is 2.20. The third-order valence-corrected chi connectivity index (χ3v) is 3.32. The molecule has 1 fully saturated rings. The Morgan fingerprint density at radius 2 is 2.10 bits per heavy atom. The normalized spacial score (nSPS) is 17.6. The van der Waals surface area contributed by atoms with Gasteiger partial charge in [-0.2, -0.15) is 4.98 Å². The smallest absolute Gasteiger partial charge is 0.243 e. The van der Waals surface area contributed by atoms with Crippen LogP contribution in [-0.4, -0.2) is 57.1 Å². The fourth-order valence-electron chi connectivity index (χ4n) is 1.95. The minimum Gasteiger partial charge on any atom is -0.673 e. The molecule has 0 spiro atoms. The van der Waals surface area contributed by atoms with Crippen molar-refractivity contribution >= 4 is 17.4 Å². The first-order chi connectivity index (χ1) is 9.56. The molecule has 0 amide bonds. The van der Waals surface area contributed by atoms with E-state index < -0.39 is 0 Å². The lowest BCUT2D eigenvalue weighted by molar-refractivity contribution is -0.694. The average molecular weight is 300 g/mol. The predicted molar refractivity (Wildman–Crippen MR) is 75.0 cm³/mol. The first kappa shape index (κ1) is 14.7. The zero-order valence-corrected chi connectivity index (χ0v) is 12.3. The Morgan fingerprint density at radius 1 is 1.40 bits per heavy atom. The number of rotatable bonds is 4. The third-order valence-electron chi connectivity index (χ3n) is 3.14. The van der Waals surface area contributed by atoms with Crippen molar-refractivity contribution in [2.24, 2.45) is 5.22 Å². The number of hydrazine groups is 1. The zero-order chi connectivity index (χ0) is 14.5. The van der Waals surface area contributed by atoms with Crippen LogP contribution < -0.4 is 5.43 Å². The summed E-state index contributed by atoms with van der Waals surface area (Å²) < 4.78 is 0. The Morgan fingerprint density at radius 3 is 2.70 bits per heavy atom. The molecule has 0 bridgehead atoms. The number of anilines is 1. The van der Waals surface area contributed by atoms with E-state index in [9.17, 15) is 5.21 Å². The monoisotopic (exact) mass is 299 g/mol. The topological polar surface area (TPSA) is 82.7 Å². The van der Waals surface area contributed by atoms with Gasteiger partial charge in [0, 0.05) is 31.4 Å². The number of halogens is 1. The Kier molecular flexibility index (Phi) is 4.91. The summed E-state index contributed by atoms with van der Waals surface area (Å²) in [5.74, 6) is 0.381. The van der Waals surface area contributed by atoms with Crippen molar-refractivity contribution < 1.29 is 4.97 Å². The molecule has 2 rings (SSSR count). The molecule has 0 atom stereocenters. The van der Waals surface area contributed by atoms with Crippen molar-refractivity contribution in [3.8, 4) is 0 Å². The van der Waals surface area contributed by atoms with Crippen LogP contribution in [0.15, 0.2) is 17.5 Å². The number of nitrogens with one attached hydrogen (secondary N) is 1. The molecule has 20 heavy (non-hydrogen) atoms. The van der Waals surface area contributed by atoms with Crippen LogP contribution in [0.5, 0.6) is 0 Å². The van der Waals surface area contributed by atoms with Crippen LogP contribution in [0, 0.1) is 5.21 Å². The van der Waals surface area contributed by atoms with Crippen molar-refractivity contribution in [1.82, 2.24) is 19.9 Å². The van der Waals surface area contributed by atoms with Crippen LogP contribution in [0.25, 0.3) is 0 Å². The molecule has 1 aromatic heterocycles. The van der Waals surface area contributed by atoms with Crippen molar-refractivity contribution in [3.63, 3.8) is 0 Å². The minimum atomic E-state index is 0.105. The van der Waals surface area contributed by atoms with Crippen LogP contribution in [0.4, 0.5) is 5.82 Å². The number of piperazine rings is 1. The summed E-state index contributed by atoms with van der Waals surface area (Å²) in [6.45, 7) is 7.30. The van der Waals surface area contributed by atoms with Gasteiger partial charge in [-0.1, -0.05) is 4.97 Å².